The van der Waals surface area contributed by atoms with Crippen LogP contribution in [0.1, 0.15) is 27.9 Å². The molecule has 0 aliphatic carbocycles. The van der Waals surface area contributed by atoms with Gasteiger partial charge in [-0.3, -0.25) is 14.3 Å². The van der Waals surface area contributed by atoms with Gasteiger partial charge in [0, 0.05) is 29.9 Å². The Morgan fingerprint density at radius 2 is 2.00 bits per heavy atom. The second kappa shape index (κ2) is 9.69. The number of rotatable bonds is 8. The third-order valence-corrected chi connectivity index (χ3v) is 5.11. The molecule has 2 aromatic heterocycles. The molecule has 9 heteroatoms. The molecule has 158 valence electrons. The van der Waals surface area contributed by atoms with E-state index in [1.807, 2.05) is 25.3 Å². The number of nitrogens with zero attached hydrogens (tertiary/aromatic N) is 4. The van der Waals surface area contributed by atoms with Crippen LogP contribution < -0.4 is 16.6 Å². The van der Waals surface area contributed by atoms with Crippen LogP contribution in [-0.2, 0) is 37.4 Å². The van der Waals surface area contributed by atoms with E-state index in [0.29, 0.717) is 42.3 Å². The number of amides is 1. The predicted molar refractivity (Wildman–Crippen MR) is 115 cm³/mol. The molecular weight excluding hydrogens is 404 g/mol. The van der Waals surface area contributed by atoms with Crippen molar-refractivity contribution in [1.29, 1.82) is 0 Å². The summed E-state index contributed by atoms with van der Waals surface area (Å²) in [4.78, 5) is 25.3. The van der Waals surface area contributed by atoms with Crippen LogP contribution >= 0.6 is 11.6 Å². The van der Waals surface area contributed by atoms with Crippen molar-refractivity contribution in [3.63, 3.8) is 0 Å². The summed E-state index contributed by atoms with van der Waals surface area (Å²) in [5.74, 6) is -0.251. The summed E-state index contributed by atoms with van der Waals surface area (Å²) in [5.41, 5.74) is 9.28. The third-order valence-electron chi connectivity index (χ3n) is 4.88. The Morgan fingerprint density at radius 3 is 2.70 bits per heavy atom. The summed E-state index contributed by atoms with van der Waals surface area (Å²) in [5, 5.41) is 11.9. The van der Waals surface area contributed by atoms with E-state index in [4.69, 9.17) is 17.3 Å². The Hall–Kier alpha value is -2.97. The average molecular weight is 429 g/mol. The van der Waals surface area contributed by atoms with Crippen LogP contribution in [0.3, 0.4) is 0 Å². The zero-order valence-corrected chi connectivity index (χ0v) is 17.8. The molecule has 0 radical (unpaired) electrons. The van der Waals surface area contributed by atoms with Gasteiger partial charge in [0.15, 0.2) is 0 Å². The van der Waals surface area contributed by atoms with E-state index in [-0.39, 0.29) is 17.9 Å². The number of aryl methyl sites for hydroxylation is 4. The first-order valence-electron chi connectivity index (χ1n) is 9.67. The SMILES string of the molecule is Cc1ccn(CCn2ncc(C)c(CC(=O)NCc3cc(Cl)ccc3CN)c2=O)n1. The Balaban J connectivity index is 1.67. The quantitative estimate of drug-likeness (QED) is 0.568. The van der Waals surface area contributed by atoms with E-state index in [9.17, 15) is 9.59 Å². The van der Waals surface area contributed by atoms with Crippen molar-refractivity contribution in [3.8, 4) is 0 Å². The average Bonchev–Trinajstić information content (AvgIpc) is 3.14. The fourth-order valence-electron chi connectivity index (χ4n) is 3.15. The lowest BCUT2D eigenvalue weighted by Crippen LogP contribution is -2.33. The van der Waals surface area contributed by atoms with Gasteiger partial charge in [0.05, 0.1) is 31.4 Å². The zero-order chi connectivity index (χ0) is 21.7. The molecule has 0 unspecified atom stereocenters. The Kier molecular flexibility index (Phi) is 7.02. The van der Waals surface area contributed by atoms with Gasteiger partial charge >= 0.3 is 0 Å². The first-order chi connectivity index (χ1) is 14.4. The number of benzene rings is 1. The highest BCUT2D eigenvalue weighted by Gasteiger charge is 2.14. The molecule has 0 atom stereocenters. The summed E-state index contributed by atoms with van der Waals surface area (Å²) in [6.45, 7) is 5.23. The molecular formula is C21H25ClN6O2. The molecule has 8 nitrogen and oxygen atoms in total. The molecule has 1 amide bonds. The van der Waals surface area contributed by atoms with Gasteiger partial charge in [-0.1, -0.05) is 17.7 Å². The van der Waals surface area contributed by atoms with E-state index in [1.54, 1.807) is 29.9 Å². The van der Waals surface area contributed by atoms with E-state index in [0.717, 1.165) is 16.8 Å². The first kappa shape index (κ1) is 21.7. The second-order valence-electron chi connectivity index (χ2n) is 7.13. The van der Waals surface area contributed by atoms with Gasteiger partial charge in [-0.15, -0.1) is 0 Å². The number of carbonyl (C=O) groups is 1. The van der Waals surface area contributed by atoms with Crippen molar-refractivity contribution < 1.29 is 4.79 Å². The normalized spacial score (nSPS) is 10.9. The molecule has 0 saturated heterocycles. The van der Waals surface area contributed by atoms with Crippen molar-refractivity contribution in [2.75, 3.05) is 0 Å². The van der Waals surface area contributed by atoms with Crippen LogP contribution in [0, 0.1) is 13.8 Å². The summed E-state index contributed by atoms with van der Waals surface area (Å²) >= 11 is 6.04. The van der Waals surface area contributed by atoms with Gasteiger partial charge in [-0.2, -0.15) is 10.2 Å². The van der Waals surface area contributed by atoms with E-state index >= 15 is 0 Å². The molecule has 0 bridgehead atoms. The lowest BCUT2D eigenvalue weighted by Gasteiger charge is -2.12. The number of carbonyl (C=O) groups excluding carboxylic acids is 1. The number of aromatic nitrogens is 4. The van der Waals surface area contributed by atoms with Crippen LogP contribution in [0.4, 0.5) is 0 Å². The van der Waals surface area contributed by atoms with Gasteiger partial charge < -0.3 is 11.1 Å². The lowest BCUT2D eigenvalue weighted by molar-refractivity contribution is -0.120. The minimum Gasteiger partial charge on any atom is -0.352 e. The minimum atomic E-state index is -0.264. The topological polar surface area (TPSA) is 108 Å². The number of nitrogens with two attached hydrogens (primary N) is 1. The van der Waals surface area contributed by atoms with Gasteiger partial charge in [-0.25, -0.2) is 4.68 Å². The molecule has 0 aliphatic heterocycles. The van der Waals surface area contributed by atoms with Crippen LogP contribution in [0.15, 0.2) is 41.5 Å². The maximum Gasteiger partial charge on any atom is 0.270 e. The molecule has 1 aromatic carbocycles. The monoisotopic (exact) mass is 428 g/mol. The second-order valence-corrected chi connectivity index (χ2v) is 7.56. The maximum atomic E-state index is 12.8. The summed E-state index contributed by atoms with van der Waals surface area (Å²) in [6, 6.07) is 7.29. The standard InChI is InChI=1S/C21H25ClN6O2/c1-14-12-25-28(8-7-27-6-5-15(2)26-27)21(30)19(14)10-20(29)24-13-17-9-18(22)4-3-16(17)11-23/h3-6,9,12H,7-8,10-11,13,23H2,1-2H3,(H,24,29). The summed E-state index contributed by atoms with van der Waals surface area (Å²) in [6.07, 6.45) is 3.45. The smallest absolute Gasteiger partial charge is 0.270 e. The fourth-order valence-corrected chi connectivity index (χ4v) is 3.34. The van der Waals surface area contributed by atoms with Crippen molar-refractivity contribution in [1.82, 2.24) is 24.9 Å². The van der Waals surface area contributed by atoms with Crippen molar-refractivity contribution >= 4 is 17.5 Å². The Labute approximate surface area is 179 Å². The fraction of sp³-hybridized carbons (Fsp3) is 0.333. The van der Waals surface area contributed by atoms with Crippen LogP contribution in [0.25, 0.3) is 0 Å². The van der Waals surface area contributed by atoms with Crippen molar-refractivity contribution in [3.05, 3.63) is 80.0 Å². The Morgan fingerprint density at radius 1 is 1.20 bits per heavy atom. The van der Waals surface area contributed by atoms with E-state index < -0.39 is 0 Å². The summed E-state index contributed by atoms with van der Waals surface area (Å²) in [7, 11) is 0. The first-order valence-corrected chi connectivity index (χ1v) is 10.0. The number of nitrogens with one attached hydrogen (secondary N) is 1. The van der Waals surface area contributed by atoms with Crippen LogP contribution in [0.2, 0.25) is 5.02 Å². The highest BCUT2D eigenvalue weighted by molar-refractivity contribution is 6.30. The minimum absolute atomic E-state index is 0.0212. The highest BCUT2D eigenvalue weighted by atomic mass is 35.5. The van der Waals surface area contributed by atoms with Crippen LogP contribution in [-0.4, -0.2) is 25.5 Å². The van der Waals surface area contributed by atoms with E-state index in [1.165, 1.54) is 4.68 Å². The highest BCUT2D eigenvalue weighted by Crippen LogP contribution is 2.15. The van der Waals surface area contributed by atoms with Gasteiger partial charge in [0.25, 0.3) is 5.56 Å². The maximum absolute atomic E-state index is 12.8. The molecule has 2 heterocycles. The molecule has 3 N–H and O–H groups in total. The zero-order valence-electron chi connectivity index (χ0n) is 17.1. The number of hydrogen-bond donors (Lipinski definition) is 2. The van der Waals surface area contributed by atoms with Gasteiger partial charge in [0.1, 0.15) is 0 Å². The predicted octanol–water partition coefficient (Wildman–Crippen LogP) is 1.73. The molecule has 0 spiro atoms. The largest absolute Gasteiger partial charge is 0.352 e. The number of halogens is 1. The van der Waals surface area contributed by atoms with Gasteiger partial charge in [-0.05, 0) is 48.7 Å². The van der Waals surface area contributed by atoms with Gasteiger partial charge in [0.2, 0.25) is 5.91 Å². The number of hydrogen-bond acceptors (Lipinski definition) is 5. The van der Waals surface area contributed by atoms with Crippen LogP contribution in [0.5, 0.6) is 0 Å². The molecule has 3 rings (SSSR count). The third kappa shape index (κ3) is 5.34. The summed E-state index contributed by atoms with van der Waals surface area (Å²) < 4.78 is 3.13. The van der Waals surface area contributed by atoms with E-state index in [2.05, 4.69) is 15.5 Å². The molecule has 0 fully saturated rings. The molecule has 0 aliphatic rings. The van der Waals surface area contributed by atoms with Crippen molar-refractivity contribution in [2.45, 2.75) is 46.4 Å². The van der Waals surface area contributed by atoms with Crippen molar-refractivity contribution in [2.24, 2.45) is 5.73 Å². The Bertz CT molecular complexity index is 1110. The molecule has 0 saturated carbocycles. The lowest BCUT2D eigenvalue weighted by atomic mass is 10.1. The molecule has 3 aromatic rings. The molecule has 30 heavy (non-hydrogen) atoms.